The molecule has 1 saturated heterocycles. The maximum absolute atomic E-state index is 9.88. The zero-order valence-corrected chi connectivity index (χ0v) is 15.1. The van der Waals surface area contributed by atoms with Crippen LogP contribution in [0.25, 0.3) is 0 Å². The molecular weight excluding hydrogens is 308 g/mol. The summed E-state index contributed by atoms with van der Waals surface area (Å²) in [6.45, 7) is 3.00. The number of hydrogen-bond donors (Lipinski definition) is 3. The Balaban J connectivity index is 1.89. The van der Waals surface area contributed by atoms with Crippen LogP contribution in [0, 0.1) is 0 Å². The number of aliphatic hydroxyl groups is 3. The molecule has 1 aliphatic rings. The predicted octanol–water partition coefficient (Wildman–Crippen LogP) is 2.57. The highest BCUT2D eigenvalue weighted by atomic mass is 16.5. The summed E-state index contributed by atoms with van der Waals surface area (Å²) >= 11 is 0. The summed E-state index contributed by atoms with van der Waals surface area (Å²) in [6.07, 6.45) is 11.9. The molecule has 0 amide bonds. The van der Waals surface area contributed by atoms with Crippen LogP contribution in [0.3, 0.4) is 0 Å². The second-order valence-corrected chi connectivity index (χ2v) is 6.67. The van der Waals surface area contributed by atoms with Crippen LogP contribution in [-0.2, 0) is 9.47 Å². The van der Waals surface area contributed by atoms with Crippen molar-refractivity contribution >= 4 is 0 Å². The van der Waals surface area contributed by atoms with Crippen LogP contribution in [0.15, 0.2) is 12.2 Å². The van der Waals surface area contributed by atoms with E-state index in [2.05, 4.69) is 19.1 Å². The van der Waals surface area contributed by atoms with Crippen molar-refractivity contribution in [3.63, 3.8) is 0 Å². The van der Waals surface area contributed by atoms with Crippen molar-refractivity contribution in [3.05, 3.63) is 12.2 Å². The molecule has 0 bridgehead atoms. The van der Waals surface area contributed by atoms with Crippen LogP contribution in [-0.4, -0.2) is 59.6 Å². The standard InChI is InChI=1S/C19H36O5/c1-2-3-4-5-6-7-8-9-10-11-12-13-23-14-17(21)19-18(22)16(20)15-24-19/h9-10,16-22H,2-8,11-15H2,1H3/b10-9+/t16-,17+,18+,19+/m1/s1. The summed E-state index contributed by atoms with van der Waals surface area (Å²) in [6, 6.07) is 0. The van der Waals surface area contributed by atoms with Gasteiger partial charge in [0.2, 0.25) is 0 Å². The van der Waals surface area contributed by atoms with Gasteiger partial charge in [-0.15, -0.1) is 0 Å². The summed E-state index contributed by atoms with van der Waals surface area (Å²) < 4.78 is 10.6. The van der Waals surface area contributed by atoms with Gasteiger partial charge in [0.15, 0.2) is 0 Å². The Morgan fingerprint density at radius 1 is 1.04 bits per heavy atom. The molecular formula is C19H36O5. The zero-order valence-electron chi connectivity index (χ0n) is 15.1. The molecule has 0 aromatic carbocycles. The maximum Gasteiger partial charge on any atom is 0.114 e. The molecule has 24 heavy (non-hydrogen) atoms. The predicted molar refractivity (Wildman–Crippen MR) is 94.9 cm³/mol. The quantitative estimate of drug-likeness (QED) is 0.333. The Bertz CT molecular complexity index is 321. The molecule has 142 valence electrons. The number of unbranched alkanes of at least 4 members (excludes halogenated alkanes) is 7. The average Bonchev–Trinajstić information content (AvgIpc) is 2.91. The van der Waals surface area contributed by atoms with Crippen molar-refractivity contribution < 1.29 is 24.8 Å². The Hall–Kier alpha value is -0.460. The van der Waals surface area contributed by atoms with Crippen LogP contribution in [0.2, 0.25) is 0 Å². The Kier molecular flexibility index (Phi) is 12.4. The van der Waals surface area contributed by atoms with E-state index in [-0.39, 0.29) is 13.2 Å². The van der Waals surface area contributed by atoms with E-state index in [1.807, 2.05) is 0 Å². The summed E-state index contributed by atoms with van der Waals surface area (Å²) in [7, 11) is 0. The second-order valence-electron chi connectivity index (χ2n) is 6.67. The van der Waals surface area contributed by atoms with Gasteiger partial charge in [0.25, 0.3) is 0 Å². The largest absolute Gasteiger partial charge is 0.388 e. The Morgan fingerprint density at radius 3 is 2.38 bits per heavy atom. The van der Waals surface area contributed by atoms with Crippen molar-refractivity contribution in [2.45, 2.75) is 89.1 Å². The fourth-order valence-electron chi connectivity index (χ4n) is 2.84. The van der Waals surface area contributed by atoms with Crippen LogP contribution in [0.5, 0.6) is 0 Å². The van der Waals surface area contributed by atoms with Crippen molar-refractivity contribution in [2.75, 3.05) is 19.8 Å². The molecule has 0 aromatic heterocycles. The lowest BCUT2D eigenvalue weighted by atomic mass is 10.1. The van der Waals surface area contributed by atoms with Crippen LogP contribution < -0.4 is 0 Å². The molecule has 3 N–H and O–H groups in total. The first-order valence-electron chi connectivity index (χ1n) is 9.55. The third kappa shape index (κ3) is 9.14. The summed E-state index contributed by atoms with van der Waals surface area (Å²) in [5, 5.41) is 28.9. The molecule has 0 radical (unpaired) electrons. The van der Waals surface area contributed by atoms with Gasteiger partial charge in [0, 0.05) is 6.61 Å². The van der Waals surface area contributed by atoms with E-state index in [9.17, 15) is 15.3 Å². The molecule has 1 fully saturated rings. The number of allylic oxidation sites excluding steroid dienone is 2. The summed E-state index contributed by atoms with van der Waals surface area (Å²) in [5.41, 5.74) is 0. The van der Waals surface area contributed by atoms with E-state index in [4.69, 9.17) is 9.47 Å². The summed E-state index contributed by atoms with van der Waals surface area (Å²) in [4.78, 5) is 0. The maximum atomic E-state index is 9.88. The summed E-state index contributed by atoms with van der Waals surface area (Å²) in [5.74, 6) is 0. The molecule has 1 heterocycles. The van der Waals surface area contributed by atoms with E-state index >= 15 is 0 Å². The zero-order chi connectivity index (χ0) is 17.6. The van der Waals surface area contributed by atoms with Gasteiger partial charge in [0.05, 0.1) is 13.2 Å². The van der Waals surface area contributed by atoms with Gasteiger partial charge in [-0.1, -0.05) is 51.2 Å². The van der Waals surface area contributed by atoms with Gasteiger partial charge in [-0.3, -0.25) is 0 Å². The monoisotopic (exact) mass is 344 g/mol. The first-order chi connectivity index (χ1) is 11.7. The molecule has 4 atom stereocenters. The minimum absolute atomic E-state index is 0.0618. The lowest BCUT2D eigenvalue weighted by molar-refractivity contribution is -0.0811. The van der Waals surface area contributed by atoms with E-state index in [0.717, 1.165) is 19.3 Å². The highest BCUT2D eigenvalue weighted by Gasteiger charge is 2.39. The van der Waals surface area contributed by atoms with E-state index < -0.39 is 24.4 Å². The Labute approximate surface area is 146 Å². The van der Waals surface area contributed by atoms with Crippen molar-refractivity contribution in [1.29, 1.82) is 0 Å². The number of hydrogen-bond acceptors (Lipinski definition) is 5. The van der Waals surface area contributed by atoms with Gasteiger partial charge in [-0.2, -0.15) is 0 Å². The minimum atomic E-state index is -1.03. The molecule has 0 aromatic rings. The lowest BCUT2D eigenvalue weighted by Crippen LogP contribution is -2.40. The fraction of sp³-hybridized carbons (Fsp3) is 0.895. The smallest absolute Gasteiger partial charge is 0.114 e. The highest BCUT2D eigenvalue weighted by molar-refractivity contribution is 4.87. The number of ether oxygens (including phenoxy) is 2. The average molecular weight is 344 g/mol. The fourth-order valence-corrected chi connectivity index (χ4v) is 2.84. The molecule has 0 aliphatic carbocycles. The number of aliphatic hydroxyl groups excluding tert-OH is 3. The van der Waals surface area contributed by atoms with Gasteiger partial charge >= 0.3 is 0 Å². The minimum Gasteiger partial charge on any atom is -0.388 e. The molecule has 5 nitrogen and oxygen atoms in total. The van der Waals surface area contributed by atoms with Crippen molar-refractivity contribution in [1.82, 2.24) is 0 Å². The van der Waals surface area contributed by atoms with Gasteiger partial charge in [-0.25, -0.2) is 0 Å². The molecule has 1 aliphatic heterocycles. The van der Waals surface area contributed by atoms with Crippen molar-refractivity contribution in [2.24, 2.45) is 0 Å². The normalized spacial score (nSPS) is 25.6. The second kappa shape index (κ2) is 13.8. The SMILES string of the molecule is CCCCCCCC/C=C/CCCOC[C@H](O)[C@@H]1OC[C@@H](O)[C@@H]1O. The van der Waals surface area contributed by atoms with Gasteiger partial charge < -0.3 is 24.8 Å². The van der Waals surface area contributed by atoms with Crippen LogP contribution in [0.4, 0.5) is 0 Å². The van der Waals surface area contributed by atoms with E-state index in [0.29, 0.717) is 6.61 Å². The molecule has 0 spiro atoms. The third-order valence-corrected chi connectivity index (χ3v) is 4.41. The first-order valence-corrected chi connectivity index (χ1v) is 9.55. The Morgan fingerprint density at radius 2 is 1.71 bits per heavy atom. The van der Waals surface area contributed by atoms with Crippen LogP contribution >= 0.6 is 0 Å². The highest BCUT2D eigenvalue weighted by Crippen LogP contribution is 2.17. The molecule has 1 rings (SSSR count). The molecule has 0 unspecified atom stereocenters. The molecule has 0 saturated carbocycles. The third-order valence-electron chi connectivity index (χ3n) is 4.41. The molecule has 5 heteroatoms. The van der Waals surface area contributed by atoms with Crippen molar-refractivity contribution in [3.8, 4) is 0 Å². The topological polar surface area (TPSA) is 79.2 Å². The van der Waals surface area contributed by atoms with E-state index in [1.165, 1.54) is 38.5 Å². The van der Waals surface area contributed by atoms with Gasteiger partial charge in [-0.05, 0) is 25.7 Å². The van der Waals surface area contributed by atoms with Crippen LogP contribution in [0.1, 0.15) is 64.7 Å². The van der Waals surface area contributed by atoms with E-state index in [1.54, 1.807) is 0 Å². The lowest BCUT2D eigenvalue weighted by Gasteiger charge is -2.20. The first kappa shape index (κ1) is 21.6. The number of rotatable bonds is 14. The van der Waals surface area contributed by atoms with Gasteiger partial charge in [0.1, 0.15) is 24.4 Å².